The Balaban J connectivity index is 2.98. The van der Waals surface area contributed by atoms with Crippen LogP contribution in [0.3, 0.4) is 0 Å². The zero-order valence-electron chi connectivity index (χ0n) is 12.5. The number of carbonyl (C=O) groups excluding carboxylic acids is 2. The summed E-state index contributed by atoms with van der Waals surface area (Å²) in [6.07, 6.45) is 0. The molecule has 1 aromatic rings. The molecule has 1 unspecified atom stereocenters. The molecule has 20 heavy (non-hydrogen) atoms. The van der Waals surface area contributed by atoms with E-state index in [0.29, 0.717) is 11.3 Å². The molecule has 0 aliphatic heterocycles. The van der Waals surface area contributed by atoms with Gasteiger partial charge in [0, 0.05) is 20.6 Å². The first-order chi connectivity index (χ1) is 9.38. The normalized spacial score (nSPS) is 12.1. The van der Waals surface area contributed by atoms with Crippen molar-refractivity contribution >= 4 is 17.5 Å². The van der Waals surface area contributed by atoms with E-state index in [4.69, 9.17) is 5.73 Å². The van der Waals surface area contributed by atoms with E-state index < -0.39 is 0 Å². The van der Waals surface area contributed by atoms with Gasteiger partial charge in [-0.05, 0) is 18.1 Å². The van der Waals surface area contributed by atoms with Crippen LogP contribution in [0, 0.1) is 11.8 Å². The zero-order chi connectivity index (χ0) is 15.3. The second kappa shape index (κ2) is 7.05. The molecule has 0 aromatic heterocycles. The van der Waals surface area contributed by atoms with Gasteiger partial charge < -0.3 is 16.0 Å². The number of nitrogens with zero attached hydrogens (tertiary/aromatic N) is 1. The van der Waals surface area contributed by atoms with Crippen molar-refractivity contribution in [3.8, 4) is 0 Å². The van der Waals surface area contributed by atoms with Crippen LogP contribution in [0.5, 0.6) is 0 Å². The lowest BCUT2D eigenvalue weighted by Gasteiger charge is -2.20. The van der Waals surface area contributed by atoms with Gasteiger partial charge in [0.1, 0.15) is 0 Å². The minimum absolute atomic E-state index is 0.144. The lowest BCUT2D eigenvalue weighted by atomic mass is 9.95. The molecule has 1 atom stereocenters. The second-order valence-corrected chi connectivity index (χ2v) is 5.32. The Bertz CT molecular complexity index is 484. The minimum atomic E-state index is -0.266. The van der Waals surface area contributed by atoms with Crippen molar-refractivity contribution in [3.63, 3.8) is 0 Å². The molecule has 110 valence electrons. The highest BCUT2D eigenvalue weighted by Gasteiger charge is 2.22. The molecule has 0 radical (unpaired) electrons. The number of nitrogens with one attached hydrogen (secondary N) is 1. The summed E-state index contributed by atoms with van der Waals surface area (Å²) >= 11 is 0. The average molecular weight is 277 g/mol. The molecule has 0 aliphatic rings. The number of amides is 2. The predicted octanol–water partition coefficient (Wildman–Crippen LogP) is 1.56. The third-order valence-electron chi connectivity index (χ3n) is 3.22. The number of hydrogen-bond donors (Lipinski definition) is 2. The highest BCUT2D eigenvalue weighted by molar-refractivity contribution is 6.04. The van der Waals surface area contributed by atoms with Gasteiger partial charge in [-0.2, -0.15) is 0 Å². The van der Waals surface area contributed by atoms with E-state index in [0.717, 1.165) is 0 Å². The molecule has 0 fully saturated rings. The number of para-hydroxylation sites is 1. The van der Waals surface area contributed by atoms with E-state index in [9.17, 15) is 9.59 Å². The number of rotatable bonds is 5. The van der Waals surface area contributed by atoms with Crippen molar-refractivity contribution in [3.05, 3.63) is 29.8 Å². The van der Waals surface area contributed by atoms with Gasteiger partial charge in [-0.25, -0.2) is 0 Å². The maximum absolute atomic E-state index is 12.2. The van der Waals surface area contributed by atoms with Crippen molar-refractivity contribution in [2.24, 2.45) is 17.6 Å². The first-order valence-corrected chi connectivity index (χ1v) is 6.70. The first kappa shape index (κ1) is 16.2. The smallest absolute Gasteiger partial charge is 0.255 e. The van der Waals surface area contributed by atoms with Crippen molar-refractivity contribution in [2.75, 3.05) is 26.0 Å². The molecule has 0 spiro atoms. The first-order valence-electron chi connectivity index (χ1n) is 6.70. The van der Waals surface area contributed by atoms with Crippen LogP contribution in [0.1, 0.15) is 24.2 Å². The third-order valence-corrected chi connectivity index (χ3v) is 3.22. The molecule has 1 aromatic carbocycles. The minimum Gasteiger partial charge on any atom is -0.345 e. The maximum atomic E-state index is 12.2. The van der Waals surface area contributed by atoms with Gasteiger partial charge in [-0.15, -0.1) is 0 Å². The average Bonchev–Trinajstić information content (AvgIpc) is 2.38. The SMILES string of the molecule is CC(C)C(CN)C(=O)Nc1ccccc1C(=O)N(C)C. The molecular weight excluding hydrogens is 254 g/mol. The maximum Gasteiger partial charge on any atom is 0.255 e. The summed E-state index contributed by atoms with van der Waals surface area (Å²) in [6.45, 7) is 4.19. The zero-order valence-corrected chi connectivity index (χ0v) is 12.5. The van der Waals surface area contributed by atoms with Crippen LogP contribution in [0.25, 0.3) is 0 Å². The van der Waals surface area contributed by atoms with Crippen LogP contribution in [-0.2, 0) is 4.79 Å². The lowest BCUT2D eigenvalue weighted by Crippen LogP contribution is -2.33. The van der Waals surface area contributed by atoms with Crippen molar-refractivity contribution < 1.29 is 9.59 Å². The Labute approximate surface area is 120 Å². The predicted molar refractivity (Wildman–Crippen MR) is 80.5 cm³/mol. The monoisotopic (exact) mass is 277 g/mol. The molecule has 0 saturated carbocycles. The van der Waals surface area contributed by atoms with Crippen molar-refractivity contribution in [1.82, 2.24) is 4.90 Å². The molecular formula is C15H23N3O2. The second-order valence-electron chi connectivity index (χ2n) is 5.32. The molecule has 0 bridgehead atoms. The van der Waals surface area contributed by atoms with Gasteiger partial charge in [0.25, 0.3) is 5.91 Å². The van der Waals surface area contributed by atoms with Gasteiger partial charge in [-0.1, -0.05) is 26.0 Å². The van der Waals surface area contributed by atoms with E-state index in [-0.39, 0.29) is 30.2 Å². The lowest BCUT2D eigenvalue weighted by molar-refractivity contribution is -0.120. The van der Waals surface area contributed by atoms with Gasteiger partial charge in [0.2, 0.25) is 5.91 Å². The Morgan fingerprint density at radius 2 is 1.85 bits per heavy atom. The summed E-state index contributed by atoms with van der Waals surface area (Å²) in [4.78, 5) is 25.8. The highest BCUT2D eigenvalue weighted by atomic mass is 16.2. The van der Waals surface area contributed by atoms with Crippen LogP contribution in [0.15, 0.2) is 24.3 Å². The van der Waals surface area contributed by atoms with Crippen LogP contribution in [0.4, 0.5) is 5.69 Å². The topological polar surface area (TPSA) is 75.4 Å². The van der Waals surface area contributed by atoms with Crippen LogP contribution in [-0.4, -0.2) is 37.4 Å². The fourth-order valence-corrected chi connectivity index (χ4v) is 1.93. The summed E-state index contributed by atoms with van der Waals surface area (Å²) in [6, 6.07) is 6.98. The summed E-state index contributed by atoms with van der Waals surface area (Å²) < 4.78 is 0. The summed E-state index contributed by atoms with van der Waals surface area (Å²) in [5.74, 6) is -0.412. The fourth-order valence-electron chi connectivity index (χ4n) is 1.93. The summed E-state index contributed by atoms with van der Waals surface area (Å²) in [5.41, 5.74) is 6.64. The van der Waals surface area contributed by atoms with E-state index in [1.54, 1.807) is 38.4 Å². The van der Waals surface area contributed by atoms with Crippen molar-refractivity contribution in [1.29, 1.82) is 0 Å². The number of nitrogens with two attached hydrogens (primary N) is 1. The van der Waals surface area contributed by atoms with E-state index in [1.165, 1.54) is 4.90 Å². The Kier molecular flexibility index (Phi) is 5.70. The Morgan fingerprint density at radius 3 is 2.35 bits per heavy atom. The Morgan fingerprint density at radius 1 is 1.25 bits per heavy atom. The van der Waals surface area contributed by atoms with Crippen molar-refractivity contribution in [2.45, 2.75) is 13.8 Å². The van der Waals surface area contributed by atoms with Gasteiger partial charge >= 0.3 is 0 Å². The van der Waals surface area contributed by atoms with Gasteiger partial charge in [0.15, 0.2) is 0 Å². The number of carbonyl (C=O) groups is 2. The van der Waals surface area contributed by atoms with E-state index in [2.05, 4.69) is 5.32 Å². The standard InChI is InChI=1S/C15H23N3O2/c1-10(2)12(9-16)14(19)17-13-8-6-5-7-11(13)15(20)18(3)4/h5-8,10,12H,9,16H2,1-4H3,(H,17,19). The quantitative estimate of drug-likeness (QED) is 0.857. The summed E-state index contributed by atoms with van der Waals surface area (Å²) in [7, 11) is 3.36. The molecule has 2 amide bonds. The largest absolute Gasteiger partial charge is 0.345 e. The number of hydrogen-bond acceptors (Lipinski definition) is 3. The molecule has 5 nitrogen and oxygen atoms in total. The number of anilines is 1. The molecule has 5 heteroatoms. The van der Waals surface area contributed by atoms with Crippen LogP contribution >= 0.6 is 0 Å². The highest BCUT2D eigenvalue weighted by Crippen LogP contribution is 2.19. The number of benzene rings is 1. The molecule has 1 rings (SSSR count). The summed E-state index contributed by atoms with van der Waals surface area (Å²) in [5, 5.41) is 2.81. The van der Waals surface area contributed by atoms with Crippen LogP contribution < -0.4 is 11.1 Å². The van der Waals surface area contributed by atoms with Gasteiger partial charge in [0.05, 0.1) is 17.2 Å². The molecule has 3 N–H and O–H groups in total. The molecule has 0 aliphatic carbocycles. The molecule has 0 saturated heterocycles. The van der Waals surface area contributed by atoms with Crippen LogP contribution in [0.2, 0.25) is 0 Å². The van der Waals surface area contributed by atoms with E-state index in [1.807, 2.05) is 13.8 Å². The Hall–Kier alpha value is -1.88. The fraction of sp³-hybridized carbons (Fsp3) is 0.467. The third kappa shape index (κ3) is 3.81. The van der Waals surface area contributed by atoms with E-state index >= 15 is 0 Å². The molecule has 0 heterocycles. The van der Waals surface area contributed by atoms with Gasteiger partial charge in [-0.3, -0.25) is 9.59 Å².